The zero-order valence-electron chi connectivity index (χ0n) is 13.8. The second kappa shape index (κ2) is 7.15. The van der Waals surface area contributed by atoms with E-state index in [-0.39, 0.29) is 12.4 Å². The van der Waals surface area contributed by atoms with Gasteiger partial charge in [0.25, 0.3) is 0 Å². The number of benzene rings is 1. The molecule has 22 heavy (non-hydrogen) atoms. The number of carbonyl (C=O) groups excluding carboxylic acids is 2. The smallest absolute Gasteiger partial charge is 0.407 e. The summed E-state index contributed by atoms with van der Waals surface area (Å²) in [6.45, 7) is 7.57. The Balaban J connectivity index is 2.82. The molecule has 1 aromatic carbocycles. The van der Waals surface area contributed by atoms with Crippen molar-refractivity contribution in [3.8, 4) is 0 Å². The molecule has 0 saturated carbocycles. The highest BCUT2D eigenvalue weighted by Gasteiger charge is 2.17. The van der Waals surface area contributed by atoms with Crippen LogP contribution in [-0.2, 0) is 27.2 Å². The Hall–Kier alpha value is -2.24. The van der Waals surface area contributed by atoms with Gasteiger partial charge in [0, 0.05) is 12.2 Å². The molecule has 0 aliphatic carbocycles. The topological polar surface area (TPSA) is 90.6 Å². The van der Waals surface area contributed by atoms with Crippen LogP contribution >= 0.6 is 0 Å². The predicted octanol–water partition coefficient (Wildman–Crippen LogP) is 2.32. The zero-order valence-corrected chi connectivity index (χ0v) is 13.8. The van der Waals surface area contributed by atoms with E-state index in [9.17, 15) is 9.59 Å². The number of ether oxygens (including phenoxy) is 2. The van der Waals surface area contributed by atoms with Crippen LogP contribution < -0.4 is 11.1 Å². The number of anilines is 1. The third-order valence-corrected chi connectivity index (χ3v) is 3.12. The van der Waals surface area contributed by atoms with Crippen LogP contribution in [0, 0.1) is 6.92 Å². The molecule has 0 aromatic heterocycles. The molecule has 0 fully saturated rings. The Labute approximate surface area is 131 Å². The van der Waals surface area contributed by atoms with Gasteiger partial charge in [-0.1, -0.05) is 6.07 Å². The minimum absolute atomic E-state index is 0.106. The van der Waals surface area contributed by atoms with Crippen LogP contribution in [-0.4, -0.2) is 24.8 Å². The largest absolute Gasteiger partial charge is 0.469 e. The quantitative estimate of drug-likeness (QED) is 0.658. The van der Waals surface area contributed by atoms with Gasteiger partial charge in [-0.05, 0) is 50.5 Å². The fourth-order valence-corrected chi connectivity index (χ4v) is 1.95. The predicted molar refractivity (Wildman–Crippen MR) is 84.4 cm³/mol. The van der Waals surface area contributed by atoms with Gasteiger partial charge in [0.15, 0.2) is 0 Å². The number of nitrogens with two attached hydrogens (primary N) is 1. The van der Waals surface area contributed by atoms with E-state index >= 15 is 0 Å². The molecule has 3 N–H and O–H groups in total. The lowest BCUT2D eigenvalue weighted by Crippen LogP contribution is -2.32. The van der Waals surface area contributed by atoms with E-state index < -0.39 is 11.7 Å². The van der Waals surface area contributed by atoms with Gasteiger partial charge in [0.2, 0.25) is 0 Å². The van der Waals surface area contributed by atoms with Crippen molar-refractivity contribution in [2.24, 2.45) is 0 Å². The van der Waals surface area contributed by atoms with E-state index in [4.69, 9.17) is 10.5 Å². The first-order valence-electron chi connectivity index (χ1n) is 7.04. The molecule has 0 heterocycles. The van der Waals surface area contributed by atoms with Gasteiger partial charge in [-0.3, -0.25) is 4.79 Å². The Kier molecular flexibility index (Phi) is 5.79. The minimum atomic E-state index is -0.545. The summed E-state index contributed by atoms with van der Waals surface area (Å²) in [7, 11) is 1.34. The van der Waals surface area contributed by atoms with Gasteiger partial charge < -0.3 is 20.5 Å². The van der Waals surface area contributed by atoms with Gasteiger partial charge >= 0.3 is 12.1 Å². The summed E-state index contributed by atoms with van der Waals surface area (Å²) in [6, 6.07) is 3.54. The summed E-state index contributed by atoms with van der Waals surface area (Å²) in [4.78, 5) is 23.1. The first-order valence-corrected chi connectivity index (χ1v) is 7.04. The van der Waals surface area contributed by atoms with E-state index in [2.05, 4.69) is 10.1 Å². The van der Waals surface area contributed by atoms with Crippen molar-refractivity contribution < 1.29 is 19.1 Å². The monoisotopic (exact) mass is 308 g/mol. The van der Waals surface area contributed by atoms with Gasteiger partial charge in [0.1, 0.15) is 5.60 Å². The first-order chi connectivity index (χ1) is 10.1. The van der Waals surface area contributed by atoms with Crippen LogP contribution in [0.2, 0.25) is 0 Å². The molecule has 0 aliphatic rings. The third kappa shape index (κ3) is 5.27. The van der Waals surface area contributed by atoms with E-state index in [1.54, 1.807) is 26.8 Å². The van der Waals surface area contributed by atoms with Crippen molar-refractivity contribution in [2.75, 3.05) is 12.8 Å². The summed E-state index contributed by atoms with van der Waals surface area (Å²) < 4.78 is 9.86. The van der Waals surface area contributed by atoms with Gasteiger partial charge in [0.05, 0.1) is 13.5 Å². The lowest BCUT2D eigenvalue weighted by atomic mass is 9.98. The number of carbonyl (C=O) groups is 2. The van der Waals surface area contributed by atoms with Crippen molar-refractivity contribution >= 4 is 17.7 Å². The van der Waals surface area contributed by atoms with Crippen LogP contribution in [0.3, 0.4) is 0 Å². The van der Waals surface area contributed by atoms with Gasteiger partial charge in [-0.2, -0.15) is 0 Å². The fourth-order valence-electron chi connectivity index (χ4n) is 1.95. The maximum absolute atomic E-state index is 11.7. The fraction of sp³-hybridized carbons (Fsp3) is 0.500. The first kappa shape index (κ1) is 17.8. The molecule has 6 nitrogen and oxygen atoms in total. The summed E-state index contributed by atoms with van der Waals surface area (Å²) in [5.41, 5.74) is 8.35. The highest BCUT2D eigenvalue weighted by Crippen LogP contribution is 2.22. The highest BCUT2D eigenvalue weighted by molar-refractivity contribution is 5.76. The second-order valence-corrected chi connectivity index (χ2v) is 6.03. The van der Waals surface area contributed by atoms with E-state index in [0.717, 1.165) is 16.7 Å². The Bertz CT molecular complexity index is 562. The SMILES string of the molecule is COC(=O)Cc1c(N)ccc(CNC(=O)OC(C)(C)C)c1C. The normalized spacial score (nSPS) is 11.0. The molecule has 0 unspecified atom stereocenters. The molecular formula is C16H24N2O4. The molecule has 0 atom stereocenters. The third-order valence-electron chi connectivity index (χ3n) is 3.12. The second-order valence-electron chi connectivity index (χ2n) is 6.03. The van der Waals surface area contributed by atoms with E-state index in [1.807, 2.05) is 13.0 Å². The van der Waals surface area contributed by atoms with Crippen LogP contribution in [0.15, 0.2) is 12.1 Å². The molecule has 0 bridgehead atoms. The Morgan fingerprint density at radius 3 is 2.45 bits per heavy atom. The summed E-state index contributed by atoms with van der Waals surface area (Å²) in [6.07, 6.45) is -0.382. The maximum Gasteiger partial charge on any atom is 0.407 e. The molecule has 0 aliphatic heterocycles. The lowest BCUT2D eigenvalue weighted by molar-refractivity contribution is -0.139. The Morgan fingerprint density at radius 2 is 1.91 bits per heavy atom. The van der Waals surface area contributed by atoms with E-state index in [1.165, 1.54) is 7.11 Å². The minimum Gasteiger partial charge on any atom is -0.469 e. The number of nitrogen functional groups attached to an aromatic ring is 1. The van der Waals surface area contributed by atoms with Crippen molar-refractivity contribution in [3.63, 3.8) is 0 Å². The maximum atomic E-state index is 11.7. The number of rotatable bonds is 4. The lowest BCUT2D eigenvalue weighted by Gasteiger charge is -2.20. The van der Waals surface area contributed by atoms with Gasteiger partial charge in [-0.25, -0.2) is 4.79 Å². The molecule has 1 rings (SSSR count). The van der Waals surface area contributed by atoms with Gasteiger partial charge in [-0.15, -0.1) is 0 Å². The number of methoxy groups -OCH3 is 1. The average molecular weight is 308 g/mol. The molecule has 1 amide bonds. The number of hydrogen-bond donors (Lipinski definition) is 2. The number of alkyl carbamates (subject to hydrolysis) is 1. The van der Waals surface area contributed by atoms with Crippen molar-refractivity contribution in [3.05, 3.63) is 28.8 Å². The number of nitrogens with one attached hydrogen (secondary N) is 1. The van der Waals surface area contributed by atoms with Crippen molar-refractivity contribution in [2.45, 2.75) is 46.3 Å². The summed E-state index contributed by atoms with van der Waals surface area (Å²) >= 11 is 0. The Morgan fingerprint density at radius 1 is 1.27 bits per heavy atom. The number of esters is 1. The van der Waals surface area contributed by atoms with Crippen molar-refractivity contribution in [1.29, 1.82) is 0 Å². The molecule has 1 aromatic rings. The molecule has 0 radical (unpaired) electrons. The molecular weight excluding hydrogens is 284 g/mol. The molecule has 122 valence electrons. The van der Waals surface area contributed by atoms with Crippen LogP contribution in [0.1, 0.15) is 37.5 Å². The summed E-state index contributed by atoms with van der Waals surface area (Å²) in [5, 5.41) is 2.69. The molecule has 0 spiro atoms. The molecule has 0 saturated heterocycles. The number of hydrogen-bond acceptors (Lipinski definition) is 5. The van der Waals surface area contributed by atoms with Crippen LogP contribution in [0.5, 0.6) is 0 Å². The average Bonchev–Trinajstić information content (AvgIpc) is 2.40. The number of amides is 1. The standard InChI is InChI=1S/C16H24N2O4/c1-10-11(9-18-15(20)22-16(2,3)4)6-7-13(17)12(10)8-14(19)21-5/h6-7H,8-9,17H2,1-5H3,(H,18,20). The van der Waals surface area contributed by atoms with Crippen LogP contribution in [0.4, 0.5) is 10.5 Å². The van der Waals surface area contributed by atoms with E-state index in [0.29, 0.717) is 12.2 Å². The summed E-state index contributed by atoms with van der Waals surface area (Å²) in [5.74, 6) is -0.355. The molecule has 6 heteroatoms. The van der Waals surface area contributed by atoms with Crippen molar-refractivity contribution in [1.82, 2.24) is 5.32 Å². The van der Waals surface area contributed by atoms with Crippen LogP contribution in [0.25, 0.3) is 0 Å². The zero-order chi connectivity index (χ0) is 16.9. The highest BCUT2D eigenvalue weighted by atomic mass is 16.6.